The lowest BCUT2D eigenvalue weighted by molar-refractivity contribution is -0.122. The Kier molecular flexibility index (Phi) is 13.1. The molecule has 0 spiro atoms. The monoisotopic (exact) mass is 556 g/mol. The van der Waals surface area contributed by atoms with E-state index in [-0.39, 0.29) is 36.5 Å². The van der Waals surface area contributed by atoms with Gasteiger partial charge >= 0.3 is 0 Å². The summed E-state index contributed by atoms with van der Waals surface area (Å²) in [5.41, 5.74) is 3.53. The third-order valence-corrected chi connectivity index (χ3v) is 5.12. The second-order valence-electron chi connectivity index (χ2n) is 6.75. The van der Waals surface area contributed by atoms with Crippen LogP contribution in [0, 0.1) is 6.92 Å². The fraction of sp³-hybridized carbons (Fsp3) is 0.391. The van der Waals surface area contributed by atoms with Gasteiger partial charge in [0, 0.05) is 24.5 Å². The van der Waals surface area contributed by atoms with Gasteiger partial charge in [-0.2, -0.15) is 0 Å². The van der Waals surface area contributed by atoms with Crippen molar-refractivity contribution in [3.05, 3.63) is 59.2 Å². The van der Waals surface area contributed by atoms with Crippen LogP contribution in [-0.4, -0.2) is 37.8 Å². The van der Waals surface area contributed by atoms with Crippen molar-refractivity contribution in [3.8, 4) is 5.75 Å². The fourth-order valence-corrected chi connectivity index (χ4v) is 3.53. The van der Waals surface area contributed by atoms with Gasteiger partial charge in [-0.3, -0.25) is 4.79 Å². The maximum absolute atomic E-state index is 11.6. The quantitative estimate of drug-likeness (QED) is 0.178. The number of thioether (sulfide) groups is 1. The van der Waals surface area contributed by atoms with Crippen LogP contribution in [0.15, 0.2) is 52.4 Å². The average molecular weight is 557 g/mol. The first-order valence-electron chi connectivity index (χ1n) is 10.2. The number of hydrogen-bond acceptors (Lipinski definition) is 4. The van der Waals surface area contributed by atoms with Gasteiger partial charge in [-0.05, 0) is 61.9 Å². The minimum absolute atomic E-state index is 0. The molecule has 0 bridgehead atoms. The number of aliphatic imine (C=N–C) groups is 1. The number of amides is 1. The van der Waals surface area contributed by atoms with Gasteiger partial charge in [-0.1, -0.05) is 24.3 Å². The largest absolute Gasteiger partial charge is 0.484 e. The molecule has 0 aromatic heterocycles. The second kappa shape index (κ2) is 15.0. The first-order chi connectivity index (χ1) is 14.5. The van der Waals surface area contributed by atoms with Crippen LogP contribution in [-0.2, 0) is 17.9 Å². The maximum atomic E-state index is 11.6. The molecule has 0 saturated heterocycles. The summed E-state index contributed by atoms with van der Waals surface area (Å²) in [4.78, 5) is 17.5. The number of hydrogen-bond donors (Lipinski definition) is 3. The van der Waals surface area contributed by atoms with Gasteiger partial charge in [0.05, 0.1) is 6.54 Å². The lowest BCUT2D eigenvalue weighted by atomic mass is 10.1. The van der Waals surface area contributed by atoms with Gasteiger partial charge in [-0.15, -0.1) is 35.7 Å². The van der Waals surface area contributed by atoms with Crippen LogP contribution in [0.5, 0.6) is 5.75 Å². The van der Waals surface area contributed by atoms with Gasteiger partial charge in [0.25, 0.3) is 5.91 Å². The van der Waals surface area contributed by atoms with E-state index in [0.717, 1.165) is 18.1 Å². The fourth-order valence-electron chi connectivity index (χ4n) is 2.82. The summed E-state index contributed by atoms with van der Waals surface area (Å²) in [6, 6.07) is 14.2. The Morgan fingerprint density at radius 1 is 1.06 bits per heavy atom. The Bertz CT molecular complexity index is 861. The van der Waals surface area contributed by atoms with Crippen molar-refractivity contribution in [2.24, 2.45) is 4.99 Å². The highest BCUT2D eigenvalue weighted by Gasteiger charge is 2.05. The molecule has 0 radical (unpaired) electrons. The number of nitrogens with zero attached hydrogens (tertiary/aromatic N) is 1. The van der Waals surface area contributed by atoms with Gasteiger partial charge < -0.3 is 20.7 Å². The first kappa shape index (κ1) is 27.1. The number of ether oxygens (including phenoxy) is 1. The highest BCUT2D eigenvalue weighted by Crippen LogP contribution is 2.21. The molecule has 31 heavy (non-hydrogen) atoms. The summed E-state index contributed by atoms with van der Waals surface area (Å²) in [7, 11) is 0. The standard InChI is InChI=1S/C23H32N4O2S.HI/c1-5-24-22(28)16-29-20-9-7-8-18(13-20)14-26-23(25-6-2)27-15-19-11-10-17(3)12-21(19)30-4;/h7-13H,5-6,14-16H2,1-4H3,(H,24,28)(H2,25,26,27);1H. The molecule has 2 rings (SSSR count). The Balaban J connectivity index is 0.00000480. The molecule has 0 saturated carbocycles. The molecule has 0 fully saturated rings. The van der Waals surface area contributed by atoms with E-state index in [0.29, 0.717) is 25.4 Å². The molecule has 2 aromatic rings. The Morgan fingerprint density at radius 2 is 1.84 bits per heavy atom. The van der Waals surface area contributed by atoms with Crippen LogP contribution in [0.3, 0.4) is 0 Å². The van der Waals surface area contributed by atoms with E-state index in [1.165, 1.54) is 16.0 Å². The van der Waals surface area contributed by atoms with Crippen LogP contribution < -0.4 is 20.7 Å². The summed E-state index contributed by atoms with van der Waals surface area (Å²) in [6.07, 6.45) is 2.10. The summed E-state index contributed by atoms with van der Waals surface area (Å²) in [5, 5.41) is 9.42. The Morgan fingerprint density at radius 3 is 2.55 bits per heavy atom. The summed E-state index contributed by atoms with van der Waals surface area (Å²) in [6.45, 7) is 8.65. The van der Waals surface area contributed by atoms with Crippen molar-refractivity contribution < 1.29 is 9.53 Å². The minimum Gasteiger partial charge on any atom is -0.484 e. The van der Waals surface area contributed by atoms with Crippen molar-refractivity contribution in [1.29, 1.82) is 0 Å². The Hall–Kier alpha value is -1.94. The van der Waals surface area contributed by atoms with Crippen molar-refractivity contribution in [2.75, 3.05) is 26.0 Å². The van der Waals surface area contributed by atoms with Crippen molar-refractivity contribution >= 4 is 47.6 Å². The zero-order chi connectivity index (χ0) is 21.8. The SMILES string of the molecule is CCNC(=O)COc1cccc(CN=C(NCC)NCc2ccc(C)cc2SC)c1.I. The average Bonchev–Trinajstić information content (AvgIpc) is 2.75. The van der Waals surface area contributed by atoms with Crippen LogP contribution in [0.25, 0.3) is 0 Å². The zero-order valence-corrected chi connectivity index (χ0v) is 21.8. The molecule has 8 heteroatoms. The van der Waals surface area contributed by atoms with E-state index in [1.54, 1.807) is 11.8 Å². The van der Waals surface area contributed by atoms with E-state index in [4.69, 9.17) is 9.73 Å². The van der Waals surface area contributed by atoms with Gasteiger partial charge in [0.2, 0.25) is 0 Å². The number of carbonyl (C=O) groups is 1. The molecule has 6 nitrogen and oxygen atoms in total. The number of likely N-dealkylation sites (N-methyl/N-ethyl adjacent to an activating group) is 1. The maximum Gasteiger partial charge on any atom is 0.257 e. The molecule has 0 aliphatic rings. The van der Waals surface area contributed by atoms with E-state index in [9.17, 15) is 4.79 Å². The summed E-state index contributed by atoms with van der Waals surface area (Å²) in [5.74, 6) is 1.30. The number of nitrogens with one attached hydrogen (secondary N) is 3. The normalized spacial score (nSPS) is 10.8. The predicted molar refractivity (Wildman–Crippen MR) is 141 cm³/mol. The van der Waals surface area contributed by atoms with Crippen molar-refractivity contribution in [3.63, 3.8) is 0 Å². The topological polar surface area (TPSA) is 74.8 Å². The van der Waals surface area contributed by atoms with Crippen LogP contribution in [0.4, 0.5) is 0 Å². The van der Waals surface area contributed by atoms with Gasteiger partial charge in [0.1, 0.15) is 5.75 Å². The van der Waals surface area contributed by atoms with Crippen molar-refractivity contribution in [2.45, 2.75) is 38.8 Å². The number of rotatable bonds is 10. The van der Waals surface area contributed by atoms with E-state index in [1.807, 2.05) is 38.1 Å². The third kappa shape index (κ3) is 9.82. The molecular formula is C23H33IN4O2S. The minimum atomic E-state index is -0.125. The number of carbonyl (C=O) groups excluding carboxylic acids is 1. The van der Waals surface area contributed by atoms with Gasteiger partial charge in [0.15, 0.2) is 12.6 Å². The van der Waals surface area contributed by atoms with E-state index >= 15 is 0 Å². The third-order valence-electron chi connectivity index (χ3n) is 4.30. The smallest absolute Gasteiger partial charge is 0.257 e. The molecule has 3 N–H and O–H groups in total. The molecule has 0 atom stereocenters. The van der Waals surface area contributed by atoms with Gasteiger partial charge in [-0.25, -0.2) is 4.99 Å². The second-order valence-corrected chi connectivity index (χ2v) is 7.60. The highest BCUT2D eigenvalue weighted by atomic mass is 127. The molecule has 0 heterocycles. The number of benzene rings is 2. The predicted octanol–water partition coefficient (Wildman–Crippen LogP) is 4.11. The van der Waals surface area contributed by atoms with E-state index in [2.05, 4.69) is 47.3 Å². The van der Waals surface area contributed by atoms with Crippen LogP contribution in [0.1, 0.15) is 30.5 Å². The lowest BCUT2D eigenvalue weighted by Gasteiger charge is -2.14. The van der Waals surface area contributed by atoms with Crippen LogP contribution >= 0.6 is 35.7 Å². The van der Waals surface area contributed by atoms with E-state index < -0.39 is 0 Å². The number of guanidine groups is 1. The summed E-state index contributed by atoms with van der Waals surface area (Å²) < 4.78 is 5.56. The molecular weight excluding hydrogens is 523 g/mol. The molecule has 0 unspecified atom stereocenters. The molecule has 170 valence electrons. The number of halogens is 1. The molecule has 1 amide bonds. The molecule has 0 aliphatic carbocycles. The zero-order valence-electron chi connectivity index (χ0n) is 18.7. The molecule has 0 aliphatic heterocycles. The first-order valence-corrected chi connectivity index (χ1v) is 11.4. The number of aryl methyl sites for hydroxylation is 1. The lowest BCUT2D eigenvalue weighted by Crippen LogP contribution is -2.36. The Labute approximate surface area is 207 Å². The highest BCUT2D eigenvalue weighted by molar-refractivity contribution is 14.0. The molecule has 2 aromatic carbocycles. The van der Waals surface area contributed by atoms with Crippen LogP contribution in [0.2, 0.25) is 0 Å². The summed E-state index contributed by atoms with van der Waals surface area (Å²) >= 11 is 1.75. The van der Waals surface area contributed by atoms with Crippen molar-refractivity contribution in [1.82, 2.24) is 16.0 Å².